The van der Waals surface area contributed by atoms with Crippen LogP contribution in [0.1, 0.15) is 10.4 Å². The molecule has 0 fully saturated rings. The third-order valence-electron chi connectivity index (χ3n) is 2.74. The molecule has 0 atom stereocenters. The van der Waals surface area contributed by atoms with Gasteiger partial charge in [0.2, 0.25) is 0 Å². The number of aromatic nitrogens is 1. The van der Waals surface area contributed by atoms with Gasteiger partial charge < -0.3 is 4.74 Å². The van der Waals surface area contributed by atoms with Gasteiger partial charge in [-0.3, -0.25) is 0 Å². The molecule has 0 bridgehead atoms. The van der Waals surface area contributed by atoms with E-state index >= 15 is 0 Å². The van der Waals surface area contributed by atoms with E-state index in [1.165, 1.54) is 19.4 Å². The Morgan fingerprint density at radius 2 is 1.45 bits per heavy atom. The highest BCUT2D eigenvalue weighted by atomic mass is 35.5. The van der Waals surface area contributed by atoms with Gasteiger partial charge in [0.1, 0.15) is 5.15 Å². The Morgan fingerprint density at radius 3 is 1.95 bits per heavy atom. The molecule has 0 unspecified atom stereocenters. The SMILES string of the molecule is COC(=O)c1cnc(Cl)c(-c2c(Cl)c(Cl)c(Cl)c(Cl)c2Cl)c1. The molecule has 0 spiro atoms. The maximum atomic E-state index is 11.6. The highest BCUT2D eigenvalue weighted by molar-refractivity contribution is 6.56. The van der Waals surface area contributed by atoms with Crippen molar-refractivity contribution in [3.8, 4) is 11.1 Å². The standard InChI is InChI=1S/C13H5Cl6NO2/c1-22-13(21)4-2-5(12(19)20-3-4)6-7(14)9(16)11(18)10(17)8(6)15/h2-3H,1H3. The summed E-state index contributed by atoms with van der Waals surface area (Å²) in [4.78, 5) is 15.5. The molecule has 1 heterocycles. The Morgan fingerprint density at radius 1 is 0.955 bits per heavy atom. The van der Waals surface area contributed by atoms with Crippen molar-refractivity contribution >= 4 is 75.6 Å². The van der Waals surface area contributed by atoms with Crippen molar-refractivity contribution in [3.05, 3.63) is 48.1 Å². The average Bonchev–Trinajstić information content (AvgIpc) is 2.52. The molecule has 0 amide bonds. The molecule has 1 aromatic carbocycles. The lowest BCUT2D eigenvalue weighted by molar-refractivity contribution is 0.0600. The van der Waals surface area contributed by atoms with E-state index in [2.05, 4.69) is 9.72 Å². The molecule has 3 nitrogen and oxygen atoms in total. The Bertz CT molecular complexity index is 749. The minimum absolute atomic E-state index is 0.0206. The number of nitrogens with zero attached hydrogens (tertiary/aromatic N) is 1. The number of benzene rings is 1. The topological polar surface area (TPSA) is 39.2 Å². The molecule has 2 rings (SSSR count). The second kappa shape index (κ2) is 7.00. The van der Waals surface area contributed by atoms with Gasteiger partial charge in [0.05, 0.1) is 37.8 Å². The van der Waals surface area contributed by atoms with Gasteiger partial charge in [-0.2, -0.15) is 0 Å². The van der Waals surface area contributed by atoms with Gasteiger partial charge >= 0.3 is 5.97 Å². The maximum Gasteiger partial charge on any atom is 0.339 e. The number of esters is 1. The first-order valence-corrected chi connectivity index (χ1v) is 7.82. The predicted molar refractivity (Wildman–Crippen MR) is 91.1 cm³/mol. The molecular weight excluding hydrogens is 415 g/mol. The number of methoxy groups -OCH3 is 1. The van der Waals surface area contributed by atoms with E-state index < -0.39 is 5.97 Å². The van der Waals surface area contributed by atoms with Gasteiger partial charge in [-0.05, 0) is 6.07 Å². The zero-order valence-electron chi connectivity index (χ0n) is 10.7. The van der Waals surface area contributed by atoms with E-state index in [4.69, 9.17) is 69.6 Å². The summed E-state index contributed by atoms with van der Waals surface area (Å²) in [6, 6.07) is 1.43. The summed E-state index contributed by atoms with van der Waals surface area (Å²) in [7, 11) is 1.24. The van der Waals surface area contributed by atoms with Crippen LogP contribution in [-0.4, -0.2) is 18.1 Å². The maximum absolute atomic E-state index is 11.6. The van der Waals surface area contributed by atoms with Crippen LogP contribution in [0.3, 0.4) is 0 Å². The molecular formula is C13H5Cl6NO2. The van der Waals surface area contributed by atoms with Crippen LogP contribution in [-0.2, 0) is 4.74 Å². The first-order chi connectivity index (χ1) is 10.3. The van der Waals surface area contributed by atoms with Crippen LogP contribution in [0.25, 0.3) is 11.1 Å². The minimum Gasteiger partial charge on any atom is -0.465 e. The molecule has 0 aliphatic heterocycles. The lowest BCUT2D eigenvalue weighted by Gasteiger charge is -2.14. The van der Waals surface area contributed by atoms with Crippen molar-refractivity contribution in [2.24, 2.45) is 0 Å². The fraction of sp³-hybridized carbons (Fsp3) is 0.0769. The van der Waals surface area contributed by atoms with Crippen LogP contribution in [0.5, 0.6) is 0 Å². The summed E-state index contributed by atoms with van der Waals surface area (Å²) in [6.45, 7) is 0. The molecule has 0 radical (unpaired) electrons. The van der Waals surface area contributed by atoms with E-state index in [0.29, 0.717) is 0 Å². The molecule has 0 aliphatic rings. The number of pyridine rings is 1. The van der Waals surface area contributed by atoms with Crippen molar-refractivity contribution < 1.29 is 9.53 Å². The van der Waals surface area contributed by atoms with Gasteiger partial charge in [-0.15, -0.1) is 0 Å². The molecule has 2 aromatic rings. The second-order valence-corrected chi connectivity index (χ2v) is 6.25. The quantitative estimate of drug-likeness (QED) is 0.243. The first-order valence-electron chi connectivity index (χ1n) is 5.55. The van der Waals surface area contributed by atoms with Gasteiger partial charge in [0, 0.05) is 17.3 Å². The number of ether oxygens (including phenoxy) is 1. The number of hydrogen-bond acceptors (Lipinski definition) is 3. The Kier molecular flexibility index (Phi) is 5.70. The van der Waals surface area contributed by atoms with Crippen LogP contribution < -0.4 is 0 Å². The summed E-state index contributed by atoms with van der Waals surface area (Å²) < 4.78 is 4.63. The average molecular weight is 420 g/mol. The molecule has 0 saturated carbocycles. The molecule has 116 valence electrons. The van der Waals surface area contributed by atoms with E-state index in [9.17, 15) is 4.79 Å². The van der Waals surface area contributed by atoms with E-state index in [1.54, 1.807) is 0 Å². The third-order valence-corrected chi connectivity index (χ3v) is 5.32. The van der Waals surface area contributed by atoms with E-state index in [-0.39, 0.29) is 47.0 Å². The highest BCUT2D eigenvalue weighted by Crippen LogP contribution is 2.49. The molecule has 0 saturated heterocycles. The van der Waals surface area contributed by atoms with Gasteiger partial charge in [0.15, 0.2) is 0 Å². The normalized spacial score (nSPS) is 10.7. The molecule has 0 N–H and O–H groups in total. The summed E-state index contributed by atoms with van der Waals surface area (Å²) in [5, 5.41) is 0.222. The Hall–Kier alpha value is -0.420. The highest BCUT2D eigenvalue weighted by Gasteiger charge is 2.23. The lowest BCUT2D eigenvalue weighted by atomic mass is 10.1. The summed E-state index contributed by atoms with van der Waals surface area (Å²) in [5.74, 6) is -0.594. The molecule has 1 aromatic heterocycles. The molecule has 0 aliphatic carbocycles. The largest absolute Gasteiger partial charge is 0.465 e. The predicted octanol–water partition coefficient (Wildman–Crippen LogP) is 6.46. The first kappa shape index (κ1) is 17.9. The van der Waals surface area contributed by atoms with Crippen molar-refractivity contribution in [1.82, 2.24) is 4.98 Å². The monoisotopic (exact) mass is 417 g/mol. The second-order valence-electron chi connectivity index (χ2n) is 4.00. The van der Waals surface area contributed by atoms with Crippen LogP contribution in [0.2, 0.25) is 30.3 Å². The fourth-order valence-corrected chi connectivity index (χ4v) is 3.23. The zero-order valence-corrected chi connectivity index (χ0v) is 15.2. The molecule has 22 heavy (non-hydrogen) atoms. The number of hydrogen-bond donors (Lipinski definition) is 0. The van der Waals surface area contributed by atoms with Crippen LogP contribution in [0.15, 0.2) is 12.3 Å². The third kappa shape index (κ3) is 3.12. The van der Waals surface area contributed by atoms with Crippen LogP contribution in [0.4, 0.5) is 0 Å². The number of carbonyl (C=O) groups excluding carboxylic acids is 1. The van der Waals surface area contributed by atoms with Crippen molar-refractivity contribution in [1.29, 1.82) is 0 Å². The minimum atomic E-state index is -0.594. The van der Waals surface area contributed by atoms with Crippen molar-refractivity contribution in [3.63, 3.8) is 0 Å². The zero-order chi connectivity index (χ0) is 16.6. The van der Waals surface area contributed by atoms with Crippen molar-refractivity contribution in [2.75, 3.05) is 7.11 Å². The van der Waals surface area contributed by atoms with Crippen LogP contribution >= 0.6 is 69.6 Å². The fourth-order valence-electron chi connectivity index (χ4n) is 1.69. The smallest absolute Gasteiger partial charge is 0.339 e. The summed E-state index contributed by atoms with van der Waals surface area (Å²) in [6.07, 6.45) is 1.26. The van der Waals surface area contributed by atoms with E-state index in [1.807, 2.05) is 0 Å². The number of halogens is 6. The van der Waals surface area contributed by atoms with Gasteiger partial charge in [0.25, 0.3) is 0 Å². The summed E-state index contributed by atoms with van der Waals surface area (Å²) in [5.41, 5.74) is 0.669. The Labute approximate surface area is 156 Å². The summed E-state index contributed by atoms with van der Waals surface area (Å²) >= 11 is 36.4. The van der Waals surface area contributed by atoms with Crippen molar-refractivity contribution in [2.45, 2.75) is 0 Å². The van der Waals surface area contributed by atoms with Crippen LogP contribution in [0, 0.1) is 0 Å². The molecule has 9 heteroatoms. The Balaban J connectivity index is 2.80. The van der Waals surface area contributed by atoms with Gasteiger partial charge in [-0.1, -0.05) is 69.6 Å². The van der Waals surface area contributed by atoms with E-state index in [0.717, 1.165) is 0 Å². The number of carbonyl (C=O) groups is 1. The number of rotatable bonds is 2. The lowest BCUT2D eigenvalue weighted by Crippen LogP contribution is -2.02. The van der Waals surface area contributed by atoms with Gasteiger partial charge in [-0.25, -0.2) is 9.78 Å².